The number of rotatable bonds is 2. The minimum atomic E-state index is -4.51. The minimum absolute atomic E-state index is 0.0591. The van der Waals surface area contributed by atoms with E-state index < -0.39 is 23.2 Å². The van der Waals surface area contributed by atoms with Crippen molar-refractivity contribution in [1.82, 2.24) is 9.88 Å². The van der Waals surface area contributed by atoms with Crippen molar-refractivity contribution in [3.63, 3.8) is 0 Å². The predicted molar refractivity (Wildman–Crippen MR) is 87.9 cm³/mol. The van der Waals surface area contributed by atoms with Crippen LogP contribution in [0.25, 0.3) is 5.69 Å². The molecular weight excluding hydrogens is 424 g/mol. The van der Waals surface area contributed by atoms with E-state index in [1.807, 2.05) is 22.6 Å². The van der Waals surface area contributed by atoms with Gasteiger partial charge >= 0.3 is 6.18 Å². The van der Waals surface area contributed by atoms with E-state index in [1.54, 1.807) is 13.0 Å². The lowest BCUT2D eigenvalue weighted by atomic mass is 10.1. The summed E-state index contributed by atoms with van der Waals surface area (Å²) in [6.45, 7) is 1.59. The van der Waals surface area contributed by atoms with Gasteiger partial charge in [0, 0.05) is 22.0 Å². The van der Waals surface area contributed by atoms with Crippen LogP contribution in [0.1, 0.15) is 21.6 Å². The molecule has 0 unspecified atom stereocenters. The van der Waals surface area contributed by atoms with Gasteiger partial charge in [-0.25, -0.2) is 0 Å². The van der Waals surface area contributed by atoms with E-state index in [9.17, 15) is 22.8 Å². The lowest BCUT2D eigenvalue weighted by Crippen LogP contribution is -2.33. The third-order valence-electron chi connectivity index (χ3n) is 3.23. The van der Waals surface area contributed by atoms with Crippen LogP contribution in [0, 0.1) is 10.5 Å². The highest BCUT2D eigenvalue weighted by molar-refractivity contribution is 14.1. The van der Waals surface area contributed by atoms with Crippen molar-refractivity contribution in [2.24, 2.45) is 0 Å². The molecule has 1 aromatic heterocycles. The Kier molecular flexibility index (Phi) is 4.83. The Balaban J connectivity index is 2.75. The van der Waals surface area contributed by atoms with Crippen LogP contribution in [0.2, 0.25) is 0 Å². The Morgan fingerprint density at radius 1 is 1.26 bits per heavy atom. The number of nitrogens with zero attached hydrogens (tertiary/aromatic N) is 1. The van der Waals surface area contributed by atoms with Gasteiger partial charge in [0.25, 0.3) is 11.5 Å². The fourth-order valence-corrected chi connectivity index (χ4v) is 3.09. The van der Waals surface area contributed by atoms with Gasteiger partial charge < -0.3 is 5.32 Å². The first kappa shape index (κ1) is 17.5. The summed E-state index contributed by atoms with van der Waals surface area (Å²) in [4.78, 5) is 24.5. The summed E-state index contributed by atoms with van der Waals surface area (Å²) >= 11 is 1.85. The van der Waals surface area contributed by atoms with Gasteiger partial charge in [-0.3, -0.25) is 14.2 Å². The van der Waals surface area contributed by atoms with Crippen LogP contribution in [0.15, 0.2) is 35.1 Å². The zero-order valence-electron chi connectivity index (χ0n) is 12.2. The van der Waals surface area contributed by atoms with Gasteiger partial charge in [-0.1, -0.05) is 6.07 Å². The van der Waals surface area contributed by atoms with E-state index in [0.717, 1.165) is 16.7 Å². The van der Waals surface area contributed by atoms with Crippen molar-refractivity contribution in [1.29, 1.82) is 0 Å². The normalized spacial score (nSPS) is 11.4. The Labute approximate surface area is 143 Å². The molecule has 1 aromatic carbocycles. The molecule has 0 bridgehead atoms. The molecule has 1 N–H and O–H groups in total. The number of halogens is 4. The van der Waals surface area contributed by atoms with Gasteiger partial charge in [0.05, 0.1) is 5.56 Å². The van der Waals surface area contributed by atoms with Crippen LogP contribution < -0.4 is 10.9 Å². The summed E-state index contributed by atoms with van der Waals surface area (Å²) in [5, 5.41) is 2.36. The van der Waals surface area contributed by atoms with E-state index in [-0.39, 0.29) is 11.3 Å². The number of carbonyl (C=O) groups is 1. The Morgan fingerprint density at radius 2 is 1.91 bits per heavy atom. The number of carbonyl (C=O) groups excluding carboxylic acids is 1. The molecule has 0 saturated carbocycles. The fraction of sp³-hybridized carbons (Fsp3) is 0.200. The SMILES string of the molecule is CNC(=O)c1c(I)cc(C)n(-c2cccc(C(F)(F)F)c2)c1=O. The largest absolute Gasteiger partial charge is 0.416 e. The third kappa shape index (κ3) is 3.41. The monoisotopic (exact) mass is 436 g/mol. The van der Waals surface area contributed by atoms with Gasteiger partial charge in [0.2, 0.25) is 0 Å². The second kappa shape index (κ2) is 6.34. The molecule has 0 saturated heterocycles. The number of amides is 1. The predicted octanol–water partition coefficient (Wildman–Crippen LogP) is 3.13. The maximum atomic E-state index is 12.9. The number of alkyl halides is 3. The summed E-state index contributed by atoms with van der Waals surface area (Å²) in [6, 6.07) is 6.00. The molecule has 0 fully saturated rings. The number of aromatic nitrogens is 1. The Morgan fingerprint density at radius 3 is 2.48 bits per heavy atom. The highest BCUT2D eigenvalue weighted by Gasteiger charge is 2.31. The zero-order valence-corrected chi connectivity index (χ0v) is 14.3. The van der Waals surface area contributed by atoms with E-state index in [2.05, 4.69) is 5.32 Å². The highest BCUT2D eigenvalue weighted by Crippen LogP contribution is 2.30. The molecule has 23 heavy (non-hydrogen) atoms. The van der Waals surface area contributed by atoms with Crippen molar-refractivity contribution in [3.05, 3.63) is 61.1 Å². The number of nitrogens with one attached hydrogen (secondary N) is 1. The van der Waals surface area contributed by atoms with Gasteiger partial charge in [0.15, 0.2) is 0 Å². The molecule has 0 radical (unpaired) electrons. The number of benzene rings is 1. The first-order valence-electron chi connectivity index (χ1n) is 6.48. The Hall–Kier alpha value is -1.84. The fourth-order valence-electron chi connectivity index (χ4n) is 2.17. The molecule has 4 nitrogen and oxygen atoms in total. The third-order valence-corrected chi connectivity index (χ3v) is 4.08. The smallest absolute Gasteiger partial charge is 0.355 e. The summed E-state index contributed by atoms with van der Waals surface area (Å²) < 4.78 is 40.1. The van der Waals surface area contributed by atoms with Crippen LogP contribution in [-0.4, -0.2) is 17.5 Å². The van der Waals surface area contributed by atoms with Crippen molar-refractivity contribution in [2.75, 3.05) is 7.05 Å². The molecule has 0 spiro atoms. The second-order valence-corrected chi connectivity index (χ2v) is 5.94. The Bertz CT molecular complexity index is 828. The molecule has 0 atom stereocenters. The van der Waals surface area contributed by atoms with Crippen molar-refractivity contribution in [2.45, 2.75) is 13.1 Å². The molecule has 1 amide bonds. The van der Waals surface area contributed by atoms with Crippen molar-refractivity contribution < 1.29 is 18.0 Å². The maximum Gasteiger partial charge on any atom is 0.416 e. The number of pyridine rings is 1. The lowest BCUT2D eigenvalue weighted by molar-refractivity contribution is -0.137. The average Bonchev–Trinajstić information content (AvgIpc) is 2.45. The molecule has 0 aliphatic carbocycles. The van der Waals surface area contributed by atoms with Gasteiger partial charge in [-0.05, 0) is 53.8 Å². The van der Waals surface area contributed by atoms with Crippen LogP contribution >= 0.6 is 22.6 Å². The van der Waals surface area contributed by atoms with E-state index in [0.29, 0.717) is 9.26 Å². The quantitative estimate of drug-likeness (QED) is 0.736. The zero-order chi connectivity index (χ0) is 17.4. The van der Waals surface area contributed by atoms with Gasteiger partial charge in [0.1, 0.15) is 5.56 Å². The molecule has 1 heterocycles. The number of aryl methyl sites for hydroxylation is 1. The second-order valence-electron chi connectivity index (χ2n) is 4.78. The average molecular weight is 436 g/mol. The molecule has 8 heteroatoms. The van der Waals surface area contributed by atoms with Crippen molar-refractivity contribution in [3.8, 4) is 5.69 Å². The lowest BCUT2D eigenvalue weighted by Gasteiger charge is -2.15. The number of hydrogen-bond donors (Lipinski definition) is 1. The molecule has 0 aliphatic rings. The summed E-state index contributed by atoms with van der Waals surface area (Å²) in [5.74, 6) is -0.583. The summed E-state index contributed by atoms with van der Waals surface area (Å²) in [6.07, 6.45) is -4.51. The van der Waals surface area contributed by atoms with E-state index in [1.165, 1.54) is 19.2 Å². The standard InChI is InChI=1S/C15H12F3IN2O2/c1-8-6-11(19)12(13(22)20-2)14(23)21(8)10-5-3-4-9(7-10)15(16,17)18/h3-7H,1-2H3,(H,20,22). The molecular formula is C15H12F3IN2O2. The van der Waals surface area contributed by atoms with Crippen LogP contribution in [-0.2, 0) is 6.18 Å². The molecule has 122 valence electrons. The topological polar surface area (TPSA) is 51.1 Å². The number of hydrogen-bond acceptors (Lipinski definition) is 2. The molecule has 2 rings (SSSR count). The molecule has 0 aliphatic heterocycles. The van der Waals surface area contributed by atoms with Crippen LogP contribution in [0.3, 0.4) is 0 Å². The minimum Gasteiger partial charge on any atom is -0.355 e. The first-order chi connectivity index (χ1) is 10.7. The highest BCUT2D eigenvalue weighted by atomic mass is 127. The van der Waals surface area contributed by atoms with Gasteiger partial charge in [-0.2, -0.15) is 13.2 Å². The van der Waals surface area contributed by atoms with Gasteiger partial charge in [-0.15, -0.1) is 0 Å². The summed E-state index contributed by atoms with van der Waals surface area (Å²) in [5.41, 5.74) is -1.12. The van der Waals surface area contributed by atoms with E-state index >= 15 is 0 Å². The maximum absolute atomic E-state index is 12.9. The van der Waals surface area contributed by atoms with Crippen molar-refractivity contribution >= 4 is 28.5 Å². The first-order valence-corrected chi connectivity index (χ1v) is 7.56. The van der Waals surface area contributed by atoms with Crippen LogP contribution in [0.5, 0.6) is 0 Å². The summed E-state index contributed by atoms with van der Waals surface area (Å²) in [7, 11) is 1.38. The molecule has 2 aromatic rings. The van der Waals surface area contributed by atoms with E-state index in [4.69, 9.17) is 0 Å². The van der Waals surface area contributed by atoms with Crippen LogP contribution in [0.4, 0.5) is 13.2 Å².